The van der Waals surface area contributed by atoms with Crippen molar-refractivity contribution in [2.75, 3.05) is 13.1 Å². The van der Waals surface area contributed by atoms with E-state index in [0.29, 0.717) is 31.8 Å². The van der Waals surface area contributed by atoms with Gasteiger partial charge in [0.1, 0.15) is 0 Å². The third kappa shape index (κ3) is 5.05. The van der Waals surface area contributed by atoms with Crippen LogP contribution in [0.3, 0.4) is 0 Å². The number of carbonyl (C=O) groups is 2. The summed E-state index contributed by atoms with van der Waals surface area (Å²) in [6.07, 6.45) is 11.1. The molecule has 2 aliphatic rings. The molecule has 1 saturated carbocycles. The molecule has 2 aromatic rings. The number of rotatable bonds is 6. The lowest BCUT2D eigenvalue weighted by atomic mass is 9.87. The molecule has 2 amide bonds. The monoisotopic (exact) mass is 394 g/mol. The highest BCUT2D eigenvalue weighted by molar-refractivity contribution is 5.83. The van der Waals surface area contributed by atoms with Crippen molar-refractivity contribution in [2.24, 2.45) is 11.8 Å². The lowest BCUT2D eigenvalue weighted by Crippen LogP contribution is -2.47. The molecule has 0 bridgehead atoms. The van der Waals surface area contributed by atoms with Crippen molar-refractivity contribution in [1.82, 2.24) is 20.0 Å². The second-order valence-corrected chi connectivity index (χ2v) is 8.38. The number of likely N-dealkylation sites (tertiary alicyclic amines) is 1. The summed E-state index contributed by atoms with van der Waals surface area (Å²) in [4.78, 5) is 27.1. The number of benzene rings is 1. The molecule has 0 radical (unpaired) electrons. The molecule has 2 fully saturated rings. The number of amides is 2. The fourth-order valence-corrected chi connectivity index (χ4v) is 4.55. The molecule has 6 nitrogen and oxygen atoms in total. The zero-order valence-corrected chi connectivity index (χ0v) is 16.9. The van der Waals surface area contributed by atoms with Crippen LogP contribution in [0.4, 0.5) is 0 Å². The van der Waals surface area contributed by atoms with Crippen LogP contribution in [0.5, 0.6) is 0 Å². The van der Waals surface area contributed by atoms with Gasteiger partial charge in [-0.15, -0.1) is 0 Å². The third-order valence-electron chi connectivity index (χ3n) is 6.22. The number of nitrogens with one attached hydrogen (secondary N) is 1. The van der Waals surface area contributed by atoms with Gasteiger partial charge in [-0.2, -0.15) is 5.10 Å². The van der Waals surface area contributed by atoms with E-state index >= 15 is 0 Å². The zero-order valence-electron chi connectivity index (χ0n) is 16.9. The molecule has 1 N–H and O–H groups in total. The normalized spacial score (nSPS) is 20.6. The van der Waals surface area contributed by atoms with Crippen LogP contribution in [0.15, 0.2) is 42.7 Å². The molecular formula is C23H30N4O2. The summed E-state index contributed by atoms with van der Waals surface area (Å²) in [5, 5.41) is 7.33. The van der Waals surface area contributed by atoms with Gasteiger partial charge in [0, 0.05) is 38.4 Å². The summed E-state index contributed by atoms with van der Waals surface area (Å²) < 4.78 is 1.81. The number of piperidine rings is 1. The average Bonchev–Trinajstić information content (AvgIpc) is 3.30. The zero-order chi connectivity index (χ0) is 20.1. The SMILES string of the molecule is O=C(NCc1cccc(-n2cccn2)c1)[C@@H]1CCC(=O)N(CC2CCCCC2)C1. The van der Waals surface area contributed by atoms with Gasteiger partial charge in [-0.1, -0.05) is 31.4 Å². The van der Waals surface area contributed by atoms with Crippen LogP contribution >= 0.6 is 0 Å². The van der Waals surface area contributed by atoms with Gasteiger partial charge in [-0.3, -0.25) is 9.59 Å². The molecule has 2 heterocycles. The highest BCUT2D eigenvalue weighted by Crippen LogP contribution is 2.27. The maximum absolute atomic E-state index is 12.8. The average molecular weight is 395 g/mol. The van der Waals surface area contributed by atoms with E-state index in [4.69, 9.17) is 0 Å². The van der Waals surface area contributed by atoms with E-state index in [2.05, 4.69) is 10.4 Å². The standard InChI is InChI=1S/C23H30N4O2/c28-22-11-10-20(17-26(22)16-18-6-2-1-3-7-18)23(29)24-15-19-8-4-9-21(14-19)27-13-5-12-25-27/h4-5,8-9,12-14,18,20H,1-3,6-7,10-11,15-17H2,(H,24,29)/t20-/m1/s1. The maximum atomic E-state index is 12.8. The first-order chi connectivity index (χ1) is 14.2. The van der Waals surface area contributed by atoms with Crippen molar-refractivity contribution >= 4 is 11.8 Å². The summed E-state index contributed by atoms with van der Waals surface area (Å²) in [7, 11) is 0. The minimum atomic E-state index is -0.106. The summed E-state index contributed by atoms with van der Waals surface area (Å²) in [5.41, 5.74) is 2.01. The van der Waals surface area contributed by atoms with Crippen LogP contribution in [0, 0.1) is 11.8 Å². The first-order valence-corrected chi connectivity index (χ1v) is 10.8. The van der Waals surface area contributed by atoms with E-state index in [1.165, 1.54) is 32.1 Å². The number of hydrogen-bond donors (Lipinski definition) is 1. The number of hydrogen-bond acceptors (Lipinski definition) is 3. The van der Waals surface area contributed by atoms with Crippen LogP contribution in [0.1, 0.15) is 50.5 Å². The molecule has 1 saturated heterocycles. The Morgan fingerprint density at radius 1 is 1.14 bits per heavy atom. The number of nitrogens with zero attached hydrogens (tertiary/aromatic N) is 3. The molecule has 6 heteroatoms. The quantitative estimate of drug-likeness (QED) is 0.817. The first-order valence-electron chi connectivity index (χ1n) is 10.8. The summed E-state index contributed by atoms with van der Waals surface area (Å²) in [6.45, 7) is 1.88. The molecule has 4 rings (SSSR count). The van der Waals surface area contributed by atoms with Crippen LogP contribution in [-0.4, -0.2) is 39.6 Å². The highest BCUT2D eigenvalue weighted by atomic mass is 16.2. The number of carbonyl (C=O) groups excluding carboxylic acids is 2. The largest absolute Gasteiger partial charge is 0.352 e. The second-order valence-electron chi connectivity index (χ2n) is 8.38. The smallest absolute Gasteiger partial charge is 0.225 e. The van der Waals surface area contributed by atoms with Crippen molar-refractivity contribution in [3.63, 3.8) is 0 Å². The first kappa shape index (κ1) is 19.7. The van der Waals surface area contributed by atoms with Crippen LogP contribution < -0.4 is 5.32 Å². The Labute approximate surface area is 172 Å². The fourth-order valence-electron chi connectivity index (χ4n) is 4.55. The molecule has 1 aliphatic carbocycles. The third-order valence-corrected chi connectivity index (χ3v) is 6.22. The van der Waals surface area contributed by atoms with Crippen molar-refractivity contribution in [2.45, 2.75) is 51.5 Å². The Kier molecular flexibility index (Phi) is 6.27. The van der Waals surface area contributed by atoms with E-state index in [9.17, 15) is 9.59 Å². The second kappa shape index (κ2) is 9.25. The lowest BCUT2D eigenvalue weighted by molar-refractivity contribution is -0.139. The van der Waals surface area contributed by atoms with E-state index in [0.717, 1.165) is 17.8 Å². The fraction of sp³-hybridized carbons (Fsp3) is 0.522. The minimum absolute atomic E-state index is 0.0515. The summed E-state index contributed by atoms with van der Waals surface area (Å²) in [5.74, 6) is 0.771. The van der Waals surface area contributed by atoms with Crippen molar-refractivity contribution in [3.05, 3.63) is 48.3 Å². The maximum Gasteiger partial charge on any atom is 0.225 e. The molecule has 1 aromatic carbocycles. The Morgan fingerprint density at radius 3 is 2.79 bits per heavy atom. The van der Waals surface area contributed by atoms with E-state index in [-0.39, 0.29) is 17.7 Å². The summed E-state index contributed by atoms with van der Waals surface area (Å²) in [6, 6.07) is 9.90. The van der Waals surface area contributed by atoms with Gasteiger partial charge in [0.05, 0.1) is 11.6 Å². The Morgan fingerprint density at radius 2 is 2.00 bits per heavy atom. The highest BCUT2D eigenvalue weighted by Gasteiger charge is 2.31. The molecule has 154 valence electrons. The predicted octanol–water partition coefficient (Wildman–Crippen LogP) is 3.31. The molecule has 1 atom stereocenters. The Bertz CT molecular complexity index is 827. The Balaban J connectivity index is 1.31. The molecular weight excluding hydrogens is 364 g/mol. The molecule has 0 unspecified atom stereocenters. The van der Waals surface area contributed by atoms with Gasteiger partial charge in [-0.25, -0.2) is 4.68 Å². The van der Waals surface area contributed by atoms with Gasteiger partial charge in [-0.05, 0) is 48.9 Å². The van der Waals surface area contributed by atoms with Crippen LogP contribution in [0.2, 0.25) is 0 Å². The number of aromatic nitrogens is 2. The molecule has 1 aliphatic heterocycles. The lowest BCUT2D eigenvalue weighted by Gasteiger charge is -2.35. The van der Waals surface area contributed by atoms with Gasteiger partial charge in [0.2, 0.25) is 11.8 Å². The summed E-state index contributed by atoms with van der Waals surface area (Å²) >= 11 is 0. The predicted molar refractivity (Wildman–Crippen MR) is 111 cm³/mol. The van der Waals surface area contributed by atoms with Gasteiger partial charge < -0.3 is 10.2 Å². The van der Waals surface area contributed by atoms with Crippen molar-refractivity contribution in [1.29, 1.82) is 0 Å². The topological polar surface area (TPSA) is 67.2 Å². The van der Waals surface area contributed by atoms with Gasteiger partial charge in [0.25, 0.3) is 0 Å². The van der Waals surface area contributed by atoms with Crippen LogP contribution in [0.25, 0.3) is 5.69 Å². The van der Waals surface area contributed by atoms with E-state index in [1.807, 2.05) is 41.4 Å². The molecule has 0 spiro atoms. The van der Waals surface area contributed by atoms with Crippen LogP contribution in [-0.2, 0) is 16.1 Å². The van der Waals surface area contributed by atoms with E-state index in [1.54, 1.807) is 10.9 Å². The van der Waals surface area contributed by atoms with E-state index < -0.39 is 0 Å². The molecule has 29 heavy (non-hydrogen) atoms. The molecule has 1 aromatic heterocycles. The van der Waals surface area contributed by atoms with Gasteiger partial charge in [0.15, 0.2) is 0 Å². The van der Waals surface area contributed by atoms with Crippen molar-refractivity contribution < 1.29 is 9.59 Å². The Hall–Kier alpha value is -2.63. The van der Waals surface area contributed by atoms with Gasteiger partial charge >= 0.3 is 0 Å². The van der Waals surface area contributed by atoms with Crippen molar-refractivity contribution in [3.8, 4) is 5.69 Å². The minimum Gasteiger partial charge on any atom is -0.352 e.